The van der Waals surface area contributed by atoms with Gasteiger partial charge in [0.05, 0.1) is 0 Å². The van der Waals surface area contributed by atoms with Gasteiger partial charge in [0.2, 0.25) is 11.7 Å². The van der Waals surface area contributed by atoms with Crippen molar-refractivity contribution in [2.45, 2.75) is 32.4 Å². The summed E-state index contributed by atoms with van der Waals surface area (Å²) in [7, 11) is 0. The van der Waals surface area contributed by atoms with Crippen LogP contribution in [0.1, 0.15) is 32.1 Å². The molecule has 0 spiro atoms. The number of anilines is 1. The number of amides is 1. The predicted molar refractivity (Wildman–Crippen MR) is 100.0 cm³/mol. The van der Waals surface area contributed by atoms with Gasteiger partial charge in [-0.2, -0.15) is 18.2 Å². The van der Waals surface area contributed by atoms with Gasteiger partial charge in [-0.05, 0) is 62.0 Å². The summed E-state index contributed by atoms with van der Waals surface area (Å²) in [5.74, 6) is -0.777. The number of halogens is 4. The molecule has 1 aliphatic rings. The number of hydrogen-bond donors (Lipinski definition) is 2. The Morgan fingerprint density at radius 1 is 1.29 bits per heavy atom. The second-order valence-electron chi connectivity index (χ2n) is 6.82. The van der Waals surface area contributed by atoms with Gasteiger partial charge in [-0.15, -0.1) is 12.4 Å². The highest BCUT2D eigenvalue weighted by Crippen LogP contribution is 2.30. The first-order valence-corrected chi connectivity index (χ1v) is 8.85. The fourth-order valence-electron chi connectivity index (χ4n) is 3.24. The van der Waals surface area contributed by atoms with E-state index in [0.717, 1.165) is 25.9 Å². The molecule has 0 aliphatic carbocycles. The quantitative estimate of drug-likeness (QED) is 0.762. The lowest BCUT2D eigenvalue weighted by atomic mass is 9.84. The van der Waals surface area contributed by atoms with Crippen molar-refractivity contribution < 1.29 is 22.5 Å². The van der Waals surface area contributed by atoms with E-state index < -0.39 is 12.1 Å². The van der Waals surface area contributed by atoms with Gasteiger partial charge < -0.3 is 15.2 Å². The van der Waals surface area contributed by atoms with Crippen LogP contribution in [0, 0.1) is 11.8 Å². The topological polar surface area (TPSA) is 80.1 Å². The second-order valence-corrected chi connectivity index (χ2v) is 6.82. The molecule has 1 aromatic heterocycles. The smallest absolute Gasteiger partial charge is 0.329 e. The monoisotopic (exact) mass is 418 g/mol. The van der Waals surface area contributed by atoms with Crippen LogP contribution in [0.2, 0.25) is 0 Å². The van der Waals surface area contributed by atoms with Crippen molar-refractivity contribution in [2.75, 3.05) is 18.4 Å². The maximum Gasteiger partial charge on any atom is 0.471 e. The van der Waals surface area contributed by atoms with Gasteiger partial charge in [0.25, 0.3) is 0 Å². The SMILES string of the molecule is CC(CC(=O)Nc1ccc(-c2noc(C(F)(F)F)n2)cc1)C1CCNCC1.Cl. The average Bonchev–Trinajstić information content (AvgIpc) is 3.13. The molecule has 154 valence electrons. The molecule has 2 N–H and O–H groups in total. The van der Waals surface area contributed by atoms with Gasteiger partial charge in [0, 0.05) is 17.7 Å². The first-order valence-electron chi connectivity index (χ1n) is 8.85. The molecule has 1 atom stereocenters. The van der Waals surface area contributed by atoms with Crippen molar-refractivity contribution in [3.8, 4) is 11.4 Å². The Hall–Kier alpha value is -2.13. The molecule has 28 heavy (non-hydrogen) atoms. The molecule has 2 aromatic rings. The molecule has 3 rings (SSSR count). The Morgan fingerprint density at radius 2 is 1.93 bits per heavy atom. The summed E-state index contributed by atoms with van der Waals surface area (Å²) in [6.07, 6.45) is -2.09. The van der Waals surface area contributed by atoms with Crippen molar-refractivity contribution in [2.24, 2.45) is 11.8 Å². The normalized spacial score (nSPS) is 16.3. The fourth-order valence-corrected chi connectivity index (χ4v) is 3.24. The van der Waals surface area contributed by atoms with E-state index in [-0.39, 0.29) is 24.1 Å². The molecule has 1 unspecified atom stereocenters. The van der Waals surface area contributed by atoms with Gasteiger partial charge >= 0.3 is 12.1 Å². The van der Waals surface area contributed by atoms with Crippen LogP contribution < -0.4 is 10.6 Å². The zero-order valence-corrected chi connectivity index (χ0v) is 16.1. The summed E-state index contributed by atoms with van der Waals surface area (Å²) < 4.78 is 41.8. The molecule has 1 aliphatic heterocycles. The number of benzene rings is 1. The zero-order valence-electron chi connectivity index (χ0n) is 15.3. The Balaban J connectivity index is 0.00000280. The third-order valence-electron chi connectivity index (χ3n) is 4.79. The molecule has 1 fully saturated rings. The van der Waals surface area contributed by atoms with E-state index in [1.54, 1.807) is 12.1 Å². The van der Waals surface area contributed by atoms with Crippen LogP contribution in [0.15, 0.2) is 28.8 Å². The van der Waals surface area contributed by atoms with E-state index in [1.165, 1.54) is 12.1 Å². The highest BCUT2D eigenvalue weighted by molar-refractivity contribution is 5.91. The summed E-state index contributed by atoms with van der Waals surface area (Å²) in [5.41, 5.74) is 0.941. The summed E-state index contributed by atoms with van der Waals surface area (Å²) in [4.78, 5) is 15.6. The molecule has 10 heteroatoms. The van der Waals surface area contributed by atoms with Crippen LogP contribution in [-0.4, -0.2) is 29.1 Å². The number of carbonyl (C=O) groups is 1. The van der Waals surface area contributed by atoms with Crippen molar-refractivity contribution in [3.05, 3.63) is 30.2 Å². The van der Waals surface area contributed by atoms with Crippen LogP contribution in [-0.2, 0) is 11.0 Å². The molecule has 0 saturated carbocycles. The molecule has 0 bridgehead atoms. The summed E-state index contributed by atoms with van der Waals surface area (Å²) in [5, 5.41) is 9.47. The van der Waals surface area contributed by atoms with Crippen molar-refractivity contribution in [3.63, 3.8) is 0 Å². The number of aromatic nitrogens is 2. The Kier molecular flexibility index (Phi) is 7.42. The molecule has 1 amide bonds. The zero-order chi connectivity index (χ0) is 19.4. The molecule has 1 saturated heterocycles. The lowest BCUT2D eigenvalue weighted by Crippen LogP contribution is -2.32. The second kappa shape index (κ2) is 9.38. The van der Waals surface area contributed by atoms with Crippen molar-refractivity contribution in [1.29, 1.82) is 0 Å². The largest absolute Gasteiger partial charge is 0.471 e. The molecule has 0 radical (unpaired) electrons. The van der Waals surface area contributed by atoms with Crippen molar-refractivity contribution in [1.82, 2.24) is 15.5 Å². The van der Waals surface area contributed by atoms with Crippen LogP contribution in [0.25, 0.3) is 11.4 Å². The highest BCUT2D eigenvalue weighted by Gasteiger charge is 2.38. The number of nitrogens with zero attached hydrogens (tertiary/aromatic N) is 2. The first-order chi connectivity index (χ1) is 12.8. The van der Waals surface area contributed by atoms with Crippen LogP contribution in [0.3, 0.4) is 0 Å². The minimum Gasteiger partial charge on any atom is -0.329 e. The summed E-state index contributed by atoms with van der Waals surface area (Å²) >= 11 is 0. The number of hydrogen-bond acceptors (Lipinski definition) is 5. The van der Waals surface area contributed by atoms with Gasteiger partial charge in [0.15, 0.2) is 0 Å². The minimum atomic E-state index is -4.68. The van der Waals surface area contributed by atoms with Crippen molar-refractivity contribution >= 4 is 24.0 Å². The third-order valence-corrected chi connectivity index (χ3v) is 4.79. The third kappa shape index (κ3) is 5.68. The summed E-state index contributed by atoms with van der Waals surface area (Å²) in [6.45, 7) is 4.07. The number of piperidine rings is 1. The maximum absolute atomic E-state index is 12.5. The van der Waals surface area contributed by atoms with Gasteiger partial charge in [-0.3, -0.25) is 4.79 Å². The number of carbonyl (C=O) groups excluding carboxylic acids is 1. The van der Waals surface area contributed by atoms with Gasteiger partial charge in [0.1, 0.15) is 0 Å². The standard InChI is InChI=1S/C18H21F3N4O2.ClH/c1-11(12-6-8-22-9-7-12)10-15(26)23-14-4-2-13(3-5-14)16-24-17(27-25-16)18(19,20)21;/h2-5,11-12,22H,6-10H2,1H3,(H,23,26);1H. The number of rotatable bonds is 5. The fraction of sp³-hybridized carbons (Fsp3) is 0.500. The Bertz CT molecular complexity index is 774. The van der Waals surface area contributed by atoms with E-state index >= 15 is 0 Å². The van der Waals surface area contributed by atoms with Crippen LogP contribution >= 0.6 is 12.4 Å². The lowest BCUT2D eigenvalue weighted by molar-refractivity contribution is -0.159. The van der Waals surface area contributed by atoms with E-state index in [0.29, 0.717) is 29.5 Å². The van der Waals surface area contributed by atoms with E-state index in [2.05, 4.69) is 32.2 Å². The van der Waals surface area contributed by atoms with E-state index in [1.807, 2.05) is 0 Å². The number of alkyl halides is 3. The predicted octanol–water partition coefficient (Wildman–Crippen LogP) is 4.14. The van der Waals surface area contributed by atoms with E-state index in [9.17, 15) is 18.0 Å². The maximum atomic E-state index is 12.5. The molecular formula is C18H22ClF3N4O2. The van der Waals surface area contributed by atoms with Gasteiger partial charge in [-0.25, -0.2) is 0 Å². The van der Waals surface area contributed by atoms with Gasteiger partial charge in [-0.1, -0.05) is 12.1 Å². The van der Waals surface area contributed by atoms with Crippen LogP contribution in [0.5, 0.6) is 0 Å². The molecule has 1 aromatic carbocycles. The lowest BCUT2D eigenvalue weighted by Gasteiger charge is -2.27. The molecular weight excluding hydrogens is 397 g/mol. The summed E-state index contributed by atoms with van der Waals surface area (Å²) in [6, 6.07) is 6.28. The average molecular weight is 419 g/mol. The highest BCUT2D eigenvalue weighted by atomic mass is 35.5. The molecule has 6 nitrogen and oxygen atoms in total. The minimum absolute atomic E-state index is 0. The Labute approximate surface area is 166 Å². The number of nitrogens with one attached hydrogen (secondary N) is 2. The first kappa shape index (κ1) is 22.2. The van der Waals surface area contributed by atoms with Crippen LogP contribution in [0.4, 0.5) is 18.9 Å². The van der Waals surface area contributed by atoms with E-state index in [4.69, 9.17) is 0 Å². The Morgan fingerprint density at radius 3 is 2.50 bits per heavy atom. The molecule has 2 heterocycles.